The fourth-order valence-electron chi connectivity index (χ4n) is 4.95. The fraction of sp³-hybridized carbons (Fsp3) is 0.417. The van der Waals surface area contributed by atoms with E-state index in [0.29, 0.717) is 23.9 Å². The number of nitrogens with one attached hydrogen (secondary N) is 1. The lowest BCUT2D eigenvalue weighted by atomic mass is 10.1. The lowest BCUT2D eigenvalue weighted by Gasteiger charge is -2.38. The van der Waals surface area contributed by atoms with Crippen molar-refractivity contribution >= 4 is 16.6 Å². The number of aryl methyl sites for hydroxylation is 1. The molecule has 1 aliphatic carbocycles. The smallest absolute Gasteiger partial charge is 0.274 e. The molecule has 1 N–H and O–H groups in total. The van der Waals surface area contributed by atoms with Crippen LogP contribution in [0.1, 0.15) is 48.8 Å². The Morgan fingerprint density at radius 2 is 1.88 bits per heavy atom. The van der Waals surface area contributed by atoms with E-state index in [-0.39, 0.29) is 11.7 Å². The lowest BCUT2D eigenvalue weighted by molar-refractivity contribution is 0.0105. The van der Waals surface area contributed by atoms with Crippen molar-refractivity contribution in [2.24, 2.45) is 0 Å². The van der Waals surface area contributed by atoms with Gasteiger partial charge in [0.05, 0.1) is 17.2 Å². The van der Waals surface area contributed by atoms with Crippen molar-refractivity contribution in [1.82, 2.24) is 29.2 Å². The molecule has 1 aliphatic heterocycles. The molecular weight excluding hydrogens is 404 g/mol. The van der Waals surface area contributed by atoms with Crippen molar-refractivity contribution in [1.29, 1.82) is 0 Å². The number of aromatic amines is 1. The van der Waals surface area contributed by atoms with Gasteiger partial charge in [-0.3, -0.25) is 14.1 Å². The average molecular weight is 431 g/mol. The number of fused-ring (bicyclic) bond motifs is 2. The van der Waals surface area contributed by atoms with Crippen LogP contribution in [0.2, 0.25) is 0 Å². The number of benzene rings is 1. The third-order valence-electron chi connectivity index (χ3n) is 6.63. The first-order chi connectivity index (χ1) is 15.6. The largest absolute Gasteiger partial charge is 0.470 e. The molecule has 1 saturated carbocycles. The van der Waals surface area contributed by atoms with Gasteiger partial charge in [0.15, 0.2) is 0 Å². The number of likely N-dealkylation sites (tertiary alicyclic amines) is 1. The van der Waals surface area contributed by atoms with Gasteiger partial charge in [0.25, 0.3) is 5.56 Å². The highest BCUT2D eigenvalue weighted by Gasteiger charge is 2.30. The van der Waals surface area contributed by atoms with Gasteiger partial charge in [0, 0.05) is 37.4 Å². The highest BCUT2D eigenvalue weighted by Crippen LogP contribution is 2.33. The van der Waals surface area contributed by atoms with Crippen LogP contribution in [0.25, 0.3) is 16.6 Å². The second-order valence-corrected chi connectivity index (χ2v) is 9.00. The lowest BCUT2D eigenvalue weighted by Crippen LogP contribution is -2.53. The second kappa shape index (κ2) is 7.70. The average Bonchev–Trinajstić information content (AvgIpc) is 3.42. The van der Waals surface area contributed by atoms with Gasteiger partial charge < -0.3 is 9.72 Å². The highest BCUT2D eigenvalue weighted by molar-refractivity contribution is 5.74. The van der Waals surface area contributed by atoms with Crippen LogP contribution in [-0.2, 0) is 6.54 Å². The topological polar surface area (TPSA) is 88.4 Å². The molecule has 2 fully saturated rings. The maximum absolute atomic E-state index is 12.6. The molecule has 8 heteroatoms. The minimum atomic E-state index is -0.0744. The first-order valence-electron chi connectivity index (χ1n) is 11.4. The van der Waals surface area contributed by atoms with E-state index >= 15 is 0 Å². The molecule has 32 heavy (non-hydrogen) atoms. The van der Waals surface area contributed by atoms with E-state index in [2.05, 4.69) is 24.8 Å². The summed E-state index contributed by atoms with van der Waals surface area (Å²) in [5, 5.41) is 0. The van der Waals surface area contributed by atoms with Gasteiger partial charge in [-0.25, -0.2) is 15.0 Å². The minimum Gasteiger partial charge on any atom is -0.470 e. The van der Waals surface area contributed by atoms with E-state index in [1.165, 1.54) is 12.8 Å². The number of hydrogen-bond acceptors (Lipinski definition) is 6. The maximum Gasteiger partial charge on any atom is 0.274 e. The molecule has 0 amide bonds. The minimum absolute atomic E-state index is 0.0712. The van der Waals surface area contributed by atoms with E-state index in [9.17, 15) is 4.79 Å². The number of rotatable bonds is 5. The predicted octanol–water partition coefficient (Wildman–Crippen LogP) is 3.20. The Balaban J connectivity index is 1.15. The summed E-state index contributed by atoms with van der Waals surface area (Å²) >= 11 is 0. The molecule has 0 atom stereocenters. The van der Waals surface area contributed by atoms with Crippen molar-refractivity contribution in [3.63, 3.8) is 0 Å². The summed E-state index contributed by atoms with van der Waals surface area (Å²) < 4.78 is 8.13. The molecule has 8 nitrogen and oxygen atoms in total. The van der Waals surface area contributed by atoms with Crippen molar-refractivity contribution < 1.29 is 4.74 Å². The molecule has 0 radical (unpaired) electrons. The standard InChI is InChI=1S/C24H26N6O2/c1-15-24(28-20-9-5-4-8-19(20)26-15)32-18-13-29(14-18)11-17-12-30-21(23(31)27-17)10-25-22(30)16-6-2-3-7-16/h4-5,8-10,12,16,18H,2-3,6-7,11,13-14H2,1H3,(H,27,31). The van der Waals surface area contributed by atoms with Crippen LogP contribution in [-0.4, -0.2) is 48.4 Å². The first kappa shape index (κ1) is 19.4. The molecule has 0 unspecified atom stereocenters. The molecule has 4 heterocycles. The van der Waals surface area contributed by atoms with Gasteiger partial charge in [-0.05, 0) is 31.9 Å². The van der Waals surface area contributed by atoms with Gasteiger partial charge >= 0.3 is 0 Å². The van der Waals surface area contributed by atoms with Crippen LogP contribution in [0.3, 0.4) is 0 Å². The zero-order valence-electron chi connectivity index (χ0n) is 18.1. The predicted molar refractivity (Wildman–Crippen MR) is 121 cm³/mol. The summed E-state index contributed by atoms with van der Waals surface area (Å²) in [4.78, 5) is 31.7. The van der Waals surface area contributed by atoms with Gasteiger partial charge in [-0.2, -0.15) is 0 Å². The molecule has 4 aromatic rings. The Bertz CT molecular complexity index is 1350. The van der Waals surface area contributed by atoms with Crippen LogP contribution in [0.15, 0.2) is 41.5 Å². The summed E-state index contributed by atoms with van der Waals surface area (Å²) in [5.41, 5.74) is 3.98. The van der Waals surface area contributed by atoms with Crippen LogP contribution in [0.4, 0.5) is 0 Å². The Morgan fingerprint density at radius 3 is 2.66 bits per heavy atom. The molecule has 0 bridgehead atoms. The Kier molecular flexibility index (Phi) is 4.68. The summed E-state index contributed by atoms with van der Waals surface area (Å²) in [6, 6.07) is 7.82. The van der Waals surface area contributed by atoms with E-state index in [0.717, 1.165) is 54.2 Å². The van der Waals surface area contributed by atoms with Crippen LogP contribution >= 0.6 is 0 Å². The monoisotopic (exact) mass is 430 g/mol. The molecule has 6 rings (SSSR count). The number of imidazole rings is 1. The summed E-state index contributed by atoms with van der Waals surface area (Å²) in [7, 11) is 0. The van der Waals surface area contributed by atoms with E-state index in [1.54, 1.807) is 6.20 Å². The highest BCUT2D eigenvalue weighted by atomic mass is 16.5. The Hall–Kier alpha value is -3.26. The normalized spacial score (nSPS) is 17.9. The second-order valence-electron chi connectivity index (χ2n) is 9.00. The summed E-state index contributed by atoms with van der Waals surface area (Å²) in [6.45, 7) is 4.18. The number of H-pyrrole nitrogens is 1. The van der Waals surface area contributed by atoms with Crippen LogP contribution < -0.4 is 10.3 Å². The van der Waals surface area contributed by atoms with Crippen molar-refractivity contribution in [3.05, 3.63) is 64.2 Å². The van der Waals surface area contributed by atoms with Crippen LogP contribution in [0, 0.1) is 6.92 Å². The molecule has 1 aromatic carbocycles. The van der Waals surface area contributed by atoms with Crippen molar-refractivity contribution in [2.75, 3.05) is 13.1 Å². The zero-order chi connectivity index (χ0) is 21.7. The molecule has 1 saturated heterocycles. The molecule has 164 valence electrons. The van der Waals surface area contributed by atoms with E-state index in [1.807, 2.05) is 41.8 Å². The van der Waals surface area contributed by atoms with Crippen molar-refractivity contribution in [2.45, 2.75) is 51.2 Å². The van der Waals surface area contributed by atoms with E-state index < -0.39 is 0 Å². The van der Waals surface area contributed by atoms with Gasteiger partial charge in [-0.1, -0.05) is 25.0 Å². The third-order valence-corrected chi connectivity index (χ3v) is 6.63. The molecule has 0 spiro atoms. The quantitative estimate of drug-likeness (QED) is 0.523. The van der Waals surface area contributed by atoms with Crippen LogP contribution in [0.5, 0.6) is 5.88 Å². The maximum atomic E-state index is 12.6. The number of aromatic nitrogens is 5. The molecular formula is C24H26N6O2. The fourth-order valence-corrected chi connectivity index (χ4v) is 4.95. The van der Waals surface area contributed by atoms with Crippen molar-refractivity contribution in [3.8, 4) is 5.88 Å². The Labute approximate surface area is 185 Å². The number of ether oxygens (including phenoxy) is 1. The summed E-state index contributed by atoms with van der Waals surface area (Å²) in [5.74, 6) is 2.09. The van der Waals surface area contributed by atoms with Gasteiger partial charge in [0.2, 0.25) is 5.88 Å². The van der Waals surface area contributed by atoms with Gasteiger partial charge in [-0.15, -0.1) is 0 Å². The third kappa shape index (κ3) is 3.44. The molecule has 3 aromatic heterocycles. The number of nitrogens with zero attached hydrogens (tertiary/aromatic N) is 5. The Morgan fingerprint density at radius 1 is 1.12 bits per heavy atom. The molecule has 2 aliphatic rings. The zero-order valence-corrected chi connectivity index (χ0v) is 18.1. The van der Waals surface area contributed by atoms with E-state index in [4.69, 9.17) is 4.74 Å². The SMILES string of the molecule is Cc1nc2ccccc2nc1OC1CN(Cc2cn3c(C4CCCC4)ncc3c(=O)[nH]2)C1. The number of hydrogen-bond donors (Lipinski definition) is 1. The number of para-hydroxylation sites is 2. The van der Waals surface area contributed by atoms with Gasteiger partial charge in [0.1, 0.15) is 23.1 Å². The summed E-state index contributed by atoms with van der Waals surface area (Å²) in [6.07, 6.45) is 8.62. The first-order valence-corrected chi connectivity index (χ1v) is 11.4.